The van der Waals surface area contributed by atoms with Gasteiger partial charge in [-0.3, -0.25) is 4.68 Å². The van der Waals surface area contributed by atoms with Crippen LogP contribution in [0.2, 0.25) is 0 Å². The minimum Gasteiger partial charge on any atom is -0.309 e. The van der Waals surface area contributed by atoms with Crippen molar-refractivity contribution in [2.75, 3.05) is 0 Å². The van der Waals surface area contributed by atoms with Gasteiger partial charge in [-0.05, 0) is 44.1 Å². The van der Waals surface area contributed by atoms with Gasteiger partial charge in [0, 0.05) is 24.5 Å². The molecule has 2 saturated carbocycles. The van der Waals surface area contributed by atoms with Crippen LogP contribution in [0.25, 0.3) is 0 Å². The first kappa shape index (κ1) is 10.3. The molecule has 1 heterocycles. The molecule has 3 nitrogen and oxygen atoms in total. The smallest absolute Gasteiger partial charge is 0.0560 e. The standard InChI is InChI=1S/C13H21N3/c1-10(9-16-6-2-5-14-16)15-13-8-11-3-4-12(13)7-11/h2,5-6,10-13,15H,3-4,7-9H2,1H3. The van der Waals surface area contributed by atoms with E-state index in [1.54, 1.807) is 0 Å². The van der Waals surface area contributed by atoms with E-state index in [0.717, 1.165) is 24.4 Å². The summed E-state index contributed by atoms with van der Waals surface area (Å²) in [4.78, 5) is 0. The van der Waals surface area contributed by atoms with Crippen LogP contribution in [0.1, 0.15) is 32.6 Å². The molecule has 1 aromatic rings. The van der Waals surface area contributed by atoms with Crippen LogP contribution in [0.3, 0.4) is 0 Å². The molecule has 1 N–H and O–H groups in total. The summed E-state index contributed by atoms with van der Waals surface area (Å²) in [5.41, 5.74) is 0. The van der Waals surface area contributed by atoms with E-state index in [4.69, 9.17) is 0 Å². The second kappa shape index (κ2) is 4.21. The van der Waals surface area contributed by atoms with Gasteiger partial charge in [-0.25, -0.2) is 0 Å². The Kier molecular flexibility index (Phi) is 2.72. The summed E-state index contributed by atoms with van der Waals surface area (Å²) in [6, 6.07) is 3.30. The van der Waals surface area contributed by atoms with Gasteiger partial charge in [0.05, 0.1) is 6.54 Å². The van der Waals surface area contributed by atoms with E-state index >= 15 is 0 Å². The second-order valence-corrected chi connectivity index (χ2v) is 5.58. The Morgan fingerprint density at radius 3 is 3.00 bits per heavy atom. The summed E-state index contributed by atoms with van der Waals surface area (Å²) in [5.74, 6) is 1.99. The molecule has 0 saturated heterocycles. The summed E-state index contributed by atoms with van der Waals surface area (Å²) in [5, 5.41) is 8.04. The molecule has 0 aliphatic heterocycles. The van der Waals surface area contributed by atoms with Crippen molar-refractivity contribution in [1.82, 2.24) is 15.1 Å². The van der Waals surface area contributed by atoms with Crippen LogP contribution in [-0.2, 0) is 6.54 Å². The van der Waals surface area contributed by atoms with Crippen LogP contribution in [0.4, 0.5) is 0 Å². The minimum atomic E-state index is 0.532. The van der Waals surface area contributed by atoms with E-state index in [1.807, 2.05) is 23.1 Å². The lowest BCUT2D eigenvalue weighted by Crippen LogP contribution is -2.41. The summed E-state index contributed by atoms with van der Waals surface area (Å²) in [6.45, 7) is 3.26. The first-order valence-corrected chi connectivity index (χ1v) is 6.55. The van der Waals surface area contributed by atoms with Gasteiger partial charge < -0.3 is 5.32 Å². The Bertz CT molecular complexity index is 333. The van der Waals surface area contributed by atoms with E-state index in [0.29, 0.717) is 6.04 Å². The van der Waals surface area contributed by atoms with Crippen LogP contribution in [0.15, 0.2) is 18.5 Å². The molecule has 2 aliphatic rings. The first-order chi connectivity index (χ1) is 7.81. The molecule has 2 aliphatic carbocycles. The molecule has 88 valence electrons. The number of fused-ring (bicyclic) bond motifs is 2. The van der Waals surface area contributed by atoms with Crippen LogP contribution in [0, 0.1) is 11.8 Å². The quantitative estimate of drug-likeness (QED) is 0.840. The van der Waals surface area contributed by atoms with Crippen molar-refractivity contribution >= 4 is 0 Å². The highest BCUT2D eigenvalue weighted by atomic mass is 15.3. The number of nitrogens with one attached hydrogen (secondary N) is 1. The van der Waals surface area contributed by atoms with Crippen molar-refractivity contribution in [3.8, 4) is 0 Å². The molecule has 4 unspecified atom stereocenters. The highest BCUT2D eigenvalue weighted by Crippen LogP contribution is 2.44. The normalized spacial score (nSPS) is 34.4. The fourth-order valence-corrected chi connectivity index (χ4v) is 3.56. The molecule has 0 aromatic carbocycles. The summed E-state index contributed by atoms with van der Waals surface area (Å²) in [6.07, 6.45) is 9.72. The Morgan fingerprint density at radius 2 is 2.38 bits per heavy atom. The third-order valence-electron chi connectivity index (χ3n) is 4.26. The third kappa shape index (κ3) is 2.01. The predicted molar refractivity (Wildman–Crippen MR) is 64.1 cm³/mol. The first-order valence-electron chi connectivity index (χ1n) is 6.55. The van der Waals surface area contributed by atoms with E-state index < -0.39 is 0 Å². The lowest BCUT2D eigenvalue weighted by Gasteiger charge is -2.26. The zero-order valence-corrected chi connectivity index (χ0v) is 9.97. The average Bonchev–Trinajstić information content (AvgIpc) is 2.92. The molecular formula is C13H21N3. The van der Waals surface area contributed by atoms with Crippen molar-refractivity contribution in [2.24, 2.45) is 11.8 Å². The molecule has 2 bridgehead atoms. The molecule has 0 radical (unpaired) electrons. The summed E-state index contributed by atoms with van der Waals surface area (Å²) >= 11 is 0. The highest BCUT2D eigenvalue weighted by Gasteiger charge is 2.39. The van der Waals surface area contributed by atoms with Gasteiger partial charge in [-0.15, -0.1) is 0 Å². The molecule has 0 spiro atoms. The van der Waals surface area contributed by atoms with Crippen LogP contribution in [0.5, 0.6) is 0 Å². The van der Waals surface area contributed by atoms with Crippen molar-refractivity contribution in [3.05, 3.63) is 18.5 Å². The van der Waals surface area contributed by atoms with Gasteiger partial charge in [-0.1, -0.05) is 6.42 Å². The minimum absolute atomic E-state index is 0.532. The number of aromatic nitrogens is 2. The van der Waals surface area contributed by atoms with Gasteiger partial charge in [0.15, 0.2) is 0 Å². The number of hydrogen-bond donors (Lipinski definition) is 1. The van der Waals surface area contributed by atoms with Crippen molar-refractivity contribution in [2.45, 2.75) is 51.2 Å². The maximum Gasteiger partial charge on any atom is 0.0560 e. The molecule has 2 fully saturated rings. The van der Waals surface area contributed by atoms with Crippen molar-refractivity contribution in [1.29, 1.82) is 0 Å². The molecule has 0 amide bonds. The molecule has 3 rings (SSSR count). The van der Waals surface area contributed by atoms with Crippen LogP contribution in [-0.4, -0.2) is 21.9 Å². The Morgan fingerprint density at radius 1 is 1.44 bits per heavy atom. The van der Waals surface area contributed by atoms with Gasteiger partial charge in [0.1, 0.15) is 0 Å². The van der Waals surface area contributed by atoms with Crippen LogP contribution >= 0.6 is 0 Å². The zero-order chi connectivity index (χ0) is 11.0. The average molecular weight is 219 g/mol. The zero-order valence-electron chi connectivity index (χ0n) is 9.97. The summed E-state index contributed by atoms with van der Waals surface area (Å²) < 4.78 is 2.02. The van der Waals surface area contributed by atoms with Crippen molar-refractivity contribution in [3.63, 3.8) is 0 Å². The Hall–Kier alpha value is -0.830. The topological polar surface area (TPSA) is 29.9 Å². The van der Waals surface area contributed by atoms with E-state index in [-0.39, 0.29) is 0 Å². The lowest BCUT2D eigenvalue weighted by atomic mass is 9.95. The number of rotatable bonds is 4. The van der Waals surface area contributed by atoms with Crippen molar-refractivity contribution < 1.29 is 0 Å². The maximum atomic E-state index is 4.26. The second-order valence-electron chi connectivity index (χ2n) is 5.58. The molecule has 3 heteroatoms. The van der Waals surface area contributed by atoms with Gasteiger partial charge in [0.25, 0.3) is 0 Å². The Labute approximate surface area is 97.2 Å². The largest absolute Gasteiger partial charge is 0.309 e. The molecule has 4 atom stereocenters. The molecule has 16 heavy (non-hydrogen) atoms. The SMILES string of the molecule is CC(Cn1cccn1)NC1CC2CCC1C2. The molecule has 1 aromatic heterocycles. The molecular weight excluding hydrogens is 198 g/mol. The van der Waals surface area contributed by atoms with E-state index in [1.165, 1.54) is 25.7 Å². The third-order valence-corrected chi connectivity index (χ3v) is 4.26. The lowest BCUT2D eigenvalue weighted by molar-refractivity contribution is 0.307. The van der Waals surface area contributed by atoms with E-state index in [9.17, 15) is 0 Å². The summed E-state index contributed by atoms with van der Waals surface area (Å²) in [7, 11) is 0. The van der Waals surface area contributed by atoms with E-state index in [2.05, 4.69) is 17.3 Å². The van der Waals surface area contributed by atoms with Gasteiger partial charge in [0.2, 0.25) is 0 Å². The fraction of sp³-hybridized carbons (Fsp3) is 0.769. The van der Waals surface area contributed by atoms with Crippen LogP contribution < -0.4 is 5.32 Å². The number of nitrogens with zero attached hydrogens (tertiary/aromatic N) is 2. The highest BCUT2D eigenvalue weighted by molar-refractivity contribution is 4.95. The monoisotopic (exact) mass is 219 g/mol. The number of hydrogen-bond acceptors (Lipinski definition) is 2. The maximum absolute atomic E-state index is 4.26. The predicted octanol–water partition coefficient (Wildman–Crippen LogP) is 2.05. The van der Waals surface area contributed by atoms with Gasteiger partial charge >= 0.3 is 0 Å². The Balaban J connectivity index is 1.51. The van der Waals surface area contributed by atoms with Gasteiger partial charge in [-0.2, -0.15) is 5.10 Å². The fourth-order valence-electron chi connectivity index (χ4n) is 3.56.